The van der Waals surface area contributed by atoms with Crippen LogP contribution in [0, 0.1) is 0 Å². The number of benzene rings is 1. The summed E-state index contributed by atoms with van der Waals surface area (Å²) in [5, 5.41) is 0. The standard InChI is InChI=1S/C16H17N3O3/c20-16(14-10-21-12-3-1-2-4-13(12)22-14)19(11-5-6-11)9-15-17-7-8-18-15/h1-4,7-8,11,14H,5-6,9-10H2,(H,17,18)/t14-/m1/s1. The molecule has 1 atom stereocenters. The zero-order chi connectivity index (χ0) is 14.9. The fourth-order valence-electron chi connectivity index (χ4n) is 2.65. The third-order valence-electron chi connectivity index (χ3n) is 3.93. The molecule has 1 aromatic carbocycles. The molecule has 0 saturated heterocycles. The Balaban J connectivity index is 1.50. The second-order valence-corrected chi connectivity index (χ2v) is 5.60. The van der Waals surface area contributed by atoms with Crippen molar-refractivity contribution in [1.29, 1.82) is 0 Å². The average molecular weight is 299 g/mol. The van der Waals surface area contributed by atoms with Gasteiger partial charge in [0.15, 0.2) is 11.5 Å². The van der Waals surface area contributed by atoms with Crippen molar-refractivity contribution >= 4 is 5.91 Å². The average Bonchev–Trinajstić information content (AvgIpc) is 3.27. The minimum atomic E-state index is -0.592. The van der Waals surface area contributed by atoms with Gasteiger partial charge in [-0.15, -0.1) is 0 Å². The Morgan fingerprint density at radius 1 is 1.32 bits per heavy atom. The molecule has 1 aromatic heterocycles. The van der Waals surface area contributed by atoms with Crippen LogP contribution in [0.4, 0.5) is 0 Å². The number of fused-ring (bicyclic) bond motifs is 1. The van der Waals surface area contributed by atoms with Gasteiger partial charge >= 0.3 is 0 Å². The van der Waals surface area contributed by atoms with Gasteiger partial charge in [0, 0.05) is 18.4 Å². The number of nitrogens with one attached hydrogen (secondary N) is 1. The Morgan fingerprint density at radius 3 is 2.86 bits per heavy atom. The molecule has 6 heteroatoms. The van der Waals surface area contributed by atoms with Gasteiger partial charge in [-0.3, -0.25) is 4.79 Å². The molecule has 114 valence electrons. The molecule has 1 fully saturated rings. The molecule has 0 bridgehead atoms. The number of amides is 1. The quantitative estimate of drug-likeness (QED) is 0.934. The summed E-state index contributed by atoms with van der Waals surface area (Å²) in [6, 6.07) is 7.72. The molecule has 6 nitrogen and oxygen atoms in total. The summed E-state index contributed by atoms with van der Waals surface area (Å²) in [4.78, 5) is 21.9. The summed E-state index contributed by atoms with van der Waals surface area (Å²) >= 11 is 0. The van der Waals surface area contributed by atoms with E-state index in [9.17, 15) is 4.79 Å². The number of nitrogens with zero attached hydrogens (tertiary/aromatic N) is 2. The highest BCUT2D eigenvalue weighted by molar-refractivity contribution is 5.82. The van der Waals surface area contributed by atoms with Gasteiger partial charge in [-0.25, -0.2) is 4.98 Å². The molecule has 0 spiro atoms. The van der Waals surface area contributed by atoms with Crippen molar-refractivity contribution in [3.63, 3.8) is 0 Å². The van der Waals surface area contributed by atoms with Gasteiger partial charge in [0.1, 0.15) is 12.4 Å². The summed E-state index contributed by atoms with van der Waals surface area (Å²) < 4.78 is 11.5. The largest absolute Gasteiger partial charge is 0.485 e. The minimum absolute atomic E-state index is 0.0339. The molecule has 2 heterocycles. The van der Waals surface area contributed by atoms with Gasteiger partial charge in [0.2, 0.25) is 6.10 Å². The first-order chi connectivity index (χ1) is 10.8. The molecule has 2 aromatic rings. The molecule has 0 radical (unpaired) electrons. The number of hydrogen-bond donors (Lipinski definition) is 1. The highest BCUT2D eigenvalue weighted by Crippen LogP contribution is 2.33. The number of H-pyrrole nitrogens is 1. The number of carbonyl (C=O) groups is 1. The third-order valence-corrected chi connectivity index (χ3v) is 3.93. The van der Waals surface area contributed by atoms with E-state index in [0.717, 1.165) is 18.7 Å². The van der Waals surface area contributed by atoms with Gasteiger partial charge in [-0.1, -0.05) is 12.1 Å². The molecule has 1 N–H and O–H groups in total. The summed E-state index contributed by atoms with van der Waals surface area (Å²) in [5.41, 5.74) is 0. The van der Waals surface area contributed by atoms with E-state index in [1.807, 2.05) is 29.2 Å². The first kappa shape index (κ1) is 13.2. The molecule has 4 rings (SSSR count). The van der Waals surface area contributed by atoms with Crippen LogP contribution in [-0.2, 0) is 11.3 Å². The minimum Gasteiger partial charge on any atom is -0.485 e. The van der Waals surface area contributed by atoms with Crippen molar-refractivity contribution in [3.8, 4) is 11.5 Å². The molecule has 2 aliphatic rings. The molecule has 0 unspecified atom stereocenters. The van der Waals surface area contributed by atoms with Crippen molar-refractivity contribution in [2.24, 2.45) is 0 Å². The van der Waals surface area contributed by atoms with E-state index in [2.05, 4.69) is 9.97 Å². The fraction of sp³-hybridized carbons (Fsp3) is 0.375. The number of imidazole rings is 1. The van der Waals surface area contributed by atoms with Crippen LogP contribution in [0.15, 0.2) is 36.7 Å². The summed E-state index contributed by atoms with van der Waals surface area (Å²) in [5.74, 6) is 2.07. The molecule has 22 heavy (non-hydrogen) atoms. The first-order valence-electron chi connectivity index (χ1n) is 7.48. The second kappa shape index (κ2) is 5.36. The van der Waals surface area contributed by atoms with Gasteiger partial charge < -0.3 is 19.4 Å². The predicted octanol–water partition coefficient (Wildman–Crippen LogP) is 1.74. The van der Waals surface area contributed by atoms with Crippen LogP contribution in [0.3, 0.4) is 0 Å². The van der Waals surface area contributed by atoms with E-state index in [-0.39, 0.29) is 12.5 Å². The number of rotatable bonds is 4. The van der Waals surface area contributed by atoms with Gasteiger partial charge in [0.25, 0.3) is 5.91 Å². The van der Waals surface area contributed by atoms with Crippen molar-refractivity contribution in [2.75, 3.05) is 6.61 Å². The summed E-state index contributed by atoms with van der Waals surface area (Å²) in [6.07, 6.45) is 4.95. The Hall–Kier alpha value is -2.50. The molecular formula is C16H17N3O3. The lowest BCUT2D eigenvalue weighted by Crippen LogP contribution is -2.47. The maximum Gasteiger partial charge on any atom is 0.267 e. The predicted molar refractivity (Wildman–Crippen MR) is 78.5 cm³/mol. The number of ether oxygens (including phenoxy) is 2. The van der Waals surface area contributed by atoms with Crippen LogP contribution in [0.5, 0.6) is 11.5 Å². The summed E-state index contributed by atoms with van der Waals surface area (Å²) in [7, 11) is 0. The lowest BCUT2D eigenvalue weighted by Gasteiger charge is -2.30. The highest BCUT2D eigenvalue weighted by atomic mass is 16.6. The number of para-hydroxylation sites is 2. The Bertz CT molecular complexity index is 667. The van der Waals surface area contributed by atoms with Gasteiger partial charge in [0.05, 0.1) is 6.54 Å². The number of aromatic nitrogens is 2. The Morgan fingerprint density at radius 2 is 2.14 bits per heavy atom. The lowest BCUT2D eigenvalue weighted by atomic mass is 10.2. The number of hydrogen-bond acceptors (Lipinski definition) is 4. The fourth-order valence-corrected chi connectivity index (χ4v) is 2.65. The van der Waals surface area contributed by atoms with E-state index in [1.54, 1.807) is 12.4 Å². The summed E-state index contributed by atoms with van der Waals surface area (Å²) in [6.45, 7) is 0.731. The van der Waals surface area contributed by atoms with Crippen LogP contribution in [-0.4, -0.2) is 39.5 Å². The second-order valence-electron chi connectivity index (χ2n) is 5.60. The maximum atomic E-state index is 12.8. The first-order valence-corrected chi connectivity index (χ1v) is 7.48. The smallest absolute Gasteiger partial charge is 0.267 e. The molecular weight excluding hydrogens is 282 g/mol. The number of aromatic amines is 1. The van der Waals surface area contributed by atoms with Crippen LogP contribution >= 0.6 is 0 Å². The van der Waals surface area contributed by atoms with Crippen molar-refractivity contribution in [2.45, 2.75) is 31.5 Å². The maximum absolute atomic E-state index is 12.8. The van der Waals surface area contributed by atoms with Crippen LogP contribution in [0.25, 0.3) is 0 Å². The third kappa shape index (κ3) is 2.52. The van der Waals surface area contributed by atoms with Crippen molar-refractivity contribution < 1.29 is 14.3 Å². The van der Waals surface area contributed by atoms with Gasteiger partial charge in [-0.05, 0) is 25.0 Å². The monoisotopic (exact) mass is 299 g/mol. The van der Waals surface area contributed by atoms with Gasteiger partial charge in [-0.2, -0.15) is 0 Å². The van der Waals surface area contributed by atoms with E-state index in [1.165, 1.54) is 0 Å². The normalized spacial score (nSPS) is 19.7. The van der Waals surface area contributed by atoms with E-state index in [4.69, 9.17) is 9.47 Å². The Labute approximate surface area is 128 Å². The SMILES string of the molecule is O=C([C@H]1COc2ccccc2O1)N(Cc1ncc[nH]1)C1CC1. The molecule has 1 amide bonds. The lowest BCUT2D eigenvalue weighted by molar-refractivity contribution is -0.142. The van der Waals surface area contributed by atoms with Crippen molar-refractivity contribution in [1.82, 2.24) is 14.9 Å². The molecule has 1 aliphatic heterocycles. The van der Waals surface area contributed by atoms with E-state index in [0.29, 0.717) is 24.1 Å². The highest BCUT2D eigenvalue weighted by Gasteiger charge is 2.38. The van der Waals surface area contributed by atoms with Crippen molar-refractivity contribution in [3.05, 3.63) is 42.5 Å². The van der Waals surface area contributed by atoms with E-state index < -0.39 is 6.10 Å². The number of carbonyl (C=O) groups excluding carboxylic acids is 1. The topological polar surface area (TPSA) is 67.5 Å². The van der Waals surface area contributed by atoms with E-state index >= 15 is 0 Å². The van der Waals surface area contributed by atoms with Crippen LogP contribution in [0.1, 0.15) is 18.7 Å². The Kier molecular flexibility index (Phi) is 3.21. The van der Waals surface area contributed by atoms with Crippen LogP contribution in [0.2, 0.25) is 0 Å². The zero-order valence-corrected chi connectivity index (χ0v) is 12.1. The van der Waals surface area contributed by atoms with Crippen LogP contribution < -0.4 is 9.47 Å². The molecule has 1 aliphatic carbocycles. The zero-order valence-electron chi connectivity index (χ0n) is 12.1. The molecule has 1 saturated carbocycles.